The van der Waals surface area contributed by atoms with Crippen molar-refractivity contribution in [3.63, 3.8) is 0 Å². The van der Waals surface area contributed by atoms with Gasteiger partial charge in [-0.25, -0.2) is 0 Å². The van der Waals surface area contributed by atoms with Crippen LogP contribution in [0.25, 0.3) is 0 Å². The molecule has 1 amide bonds. The average Bonchev–Trinajstić information content (AvgIpc) is 2.56. The van der Waals surface area contributed by atoms with Crippen molar-refractivity contribution in [2.45, 2.75) is 33.2 Å². The highest BCUT2D eigenvalue weighted by Gasteiger charge is 2.16. The molecule has 24 heavy (non-hydrogen) atoms. The predicted molar refractivity (Wildman–Crippen MR) is 101 cm³/mol. The third kappa shape index (κ3) is 5.68. The Morgan fingerprint density at radius 3 is 2.50 bits per heavy atom. The molecule has 4 heteroatoms. The molecule has 0 aromatic heterocycles. The van der Waals surface area contributed by atoms with E-state index in [4.69, 9.17) is 4.74 Å². The molecule has 1 N–H and O–H groups in total. The van der Waals surface area contributed by atoms with Crippen LogP contribution in [0.15, 0.2) is 53.0 Å². The number of amides is 1. The topological polar surface area (TPSA) is 38.3 Å². The minimum atomic E-state index is -0.106. The van der Waals surface area contributed by atoms with Crippen LogP contribution in [0.3, 0.4) is 0 Å². The van der Waals surface area contributed by atoms with Gasteiger partial charge < -0.3 is 10.1 Å². The Balaban J connectivity index is 1.96. The molecule has 1 atom stereocenters. The zero-order valence-electron chi connectivity index (χ0n) is 14.4. The second-order valence-corrected chi connectivity index (χ2v) is 7.21. The fraction of sp³-hybridized carbons (Fsp3) is 0.350. The van der Waals surface area contributed by atoms with E-state index in [0.717, 1.165) is 22.0 Å². The first-order chi connectivity index (χ1) is 11.5. The highest BCUT2D eigenvalue weighted by atomic mass is 79.9. The Morgan fingerprint density at radius 1 is 1.17 bits per heavy atom. The monoisotopic (exact) mass is 389 g/mol. The van der Waals surface area contributed by atoms with Crippen molar-refractivity contribution >= 4 is 21.8 Å². The van der Waals surface area contributed by atoms with Gasteiger partial charge in [0, 0.05) is 4.47 Å². The fourth-order valence-electron chi connectivity index (χ4n) is 2.53. The summed E-state index contributed by atoms with van der Waals surface area (Å²) in [5.41, 5.74) is 2.20. The SMILES string of the molecule is Cc1cc(OCC(=O)NC(CC(C)C)c2ccccc2)ccc1Br. The molecule has 2 rings (SSSR count). The number of nitrogens with one attached hydrogen (secondary N) is 1. The van der Waals surface area contributed by atoms with Gasteiger partial charge in [0.15, 0.2) is 6.61 Å². The molecule has 0 fully saturated rings. The Kier molecular flexibility index (Phi) is 6.85. The van der Waals surface area contributed by atoms with Gasteiger partial charge in [-0.15, -0.1) is 0 Å². The highest BCUT2D eigenvalue weighted by molar-refractivity contribution is 9.10. The van der Waals surface area contributed by atoms with Gasteiger partial charge in [-0.3, -0.25) is 4.79 Å². The second kappa shape index (κ2) is 8.88. The third-order valence-electron chi connectivity index (χ3n) is 3.74. The molecule has 2 aromatic carbocycles. The predicted octanol–water partition coefficient (Wildman–Crippen LogP) is 5.04. The summed E-state index contributed by atoms with van der Waals surface area (Å²) in [5, 5.41) is 3.09. The zero-order chi connectivity index (χ0) is 17.5. The number of aryl methyl sites for hydroxylation is 1. The molecule has 1 unspecified atom stereocenters. The van der Waals surface area contributed by atoms with Crippen molar-refractivity contribution in [2.75, 3.05) is 6.61 Å². The maximum absolute atomic E-state index is 12.3. The van der Waals surface area contributed by atoms with Gasteiger partial charge in [0.25, 0.3) is 5.91 Å². The maximum atomic E-state index is 12.3. The first-order valence-corrected chi connectivity index (χ1v) is 8.98. The smallest absolute Gasteiger partial charge is 0.258 e. The number of halogens is 1. The molecule has 0 saturated heterocycles. The van der Waals surface area contributed by atoms with E-state index in [-0.39, 0.29) is 18.6 Å². The van der Waals surface area contributed by atoms with E-state index >= 15 is 0 Å². The molecule has 0 spiro atoms. The summed E-state index contributed by atoms with van der Waals surface area (Å²) in [4.78, 5) is 12.3. The second-order valence-electron chi connectivity index (χ2n) is 6.36. The van der Waals surface area contributed by atoms with Crippen molar-refractivity contribution in [2.24, 2.45) is 5.92 Å². The first kappa shape index (κ1) is 18.5. The summed E-state index contributed by atoms with van der Waals surface area (Å²) >= 11 is 3.46. The third-order valence-corrected chi connectivity index (χ3v) is 4.63. The number of carbonyl (C=O) groups excluding carboxylic acids is 1. The summed E-state index contributed by atoms with van der Waals surface area (Å²) in [5.74, 6) is 1.08. The van der Waals surface area contributed by atoms with Gasteiger partial charge in [0.05, 0.1) is 6.04 Å². The van der Waals surface area contributed by atoms with Crippen LogP contribution in [0.4, 0.5) is 0 Å². The van der Waals surface area contributed by atoms with Gasteiger partial charge in [0.1, 0.15) is 5.75 Å². The van der Waals surface area contributed by atoms with Gasteiger partial charge in [0.2, 0.25) is 0 Å². The standard InChI is InChI=1S/C20H24BrNO2/c1-14(2)11-19(16-7-5-4-6-8-16)22-20(23)13-24-17-9-10-18(21)15(3)12-17/h4-10,12,14,19H,11,13H2,1-3H3,(H,22,23). The van der Waals surface area contributed by atoms with E-state index in [1.807, 2.05) is 55.5 Å². The van der Waals surface area contributed by atoms with E-state index in [1.54, 1.807) is 0 Å². The van der Waals surface area contributed by atoms with Gasteiger partial charge in [-0.1, -0.05) is 60.1 Å². The number of benzene rings is 2. The summed E-state index contributed by atoms with van der Waals surface area (Å²) in [6, 6.07) is 15.8. The summed E-state index contributed by atoms with van der Waals surface area (Å²) in [6.07, 6.45) is 0.896. The lowest BCUT2D eigenvalue weighted by Crippen LogP contribution is -2.33. The molecule has 0 aliphatic heterocycles. The van der Waals surface area contributed by atoms with E-state index < -0.39 is 0 Å². The van der Waals surface area contributed by atoms with E-state index in [0.29, 0.717) is 11.7 Å². The van der Waals surface area contributed by atoms with Crippen LogP contribution in [-0.4, -0.2) is 12.5 Å². The largest absolute Gasteiger partial charge is 0.484 e. The molecule has 3 nitrogen and oxygen atoms in total. The van der Waals surface area contributed by atoms with Gasteiger partial charge >= 0.3 is 0 Å². The molecular formula is C20H24BrNO2. The highest BCUT2D eigenvalue weighted by Crippen LogP contribution is 2.22. The Hall–Kier alpha value is -1.81. The van der Waals surface area contributed by atoms with Crippen LogP contribution in [-0.2, 0) is 4.79 Å². The number of hydrogen-bond acceptors (Lipinski definition) is 2. The van der Waals surface area contributed by atoms with Crippen LogP contribution in [0, 0.1) is 12.8 Å². The molecule has 0 bridgehead atoms. The van der Waals surface area contributed by atoms with Crippen molar-refractivity contribution in [3.8, 4) is 5.75 Å². The molecule has 0 radical (unpaired) electrons. The molecule has 128 valence electrons. The molecule has 0 heterocycles. The molecule has 0 saturated carbocycles. The lowest BCUT2D eigenvalue weighted by Gasteiger charge is -2.21. The summed E-state index contributed by atoms with van der Waals surface area (Å²) in [7, 11) is 0. The van der Waals surface area contributed by atoms with Crippen molar-refractivity contribution in [1.29, 1.82) is 0 Å². The van der Waals surface area contributed by atoms with E-state index in [2.05, 4.69) is 35.1 Å². The minimum Gasteiger partial charge on any atom is -0.484 e. The van der Waals surface area contributed by atoms with Crippen molar-refractivity contribution in [1.82, 2.24) is 5.32 Å². The van der Waals surface area contributed by atoms with Crippen LogP contribution in [0.1, 0.15) is 37.4 Å². The maximum Gasteiger partial charge on any atom is 0.258 e. The molecular weight excluding hydrogens is 366 g/mol. The van der Waals surface area contributed by atoms with E-state index in [9.17, 15) is 4.79 Å². The molecule has 2 aromatic rings. The summed E-state index contributed by atoms with van der Waals surface area (Å²) < 4.78 is 6.64. The molecule has 0 aliphatic rings. The quantitative estimate of drug-likeness (QED) is 0.719. The van der Waals surface area contributed by atoms with Crippen LogP contribution in [0.5, 0.6) is 5.75 Å². The zero-order valence-corrected chi connectivity index (χ0v) is 16.0. The number of hydrogen-bond donors (Lipinski definition) is 1. The number of carbonyl (C=O) groups is 1. The lowest BCUT2D eigenvalue weighted by atomic mass is 9.97. The Morgan fingerprint density at radius 2 is 1.88 bits per heavy atom. The summed E-state index contributed by atoms with van der Waals surface area (Å²) in [6.45, 7) is 6.32. The van der Waals surface area contributed by atoms with Gasteiger partial charge in [-0.05, 0) is 48.6 Å². The lowest BCUT2D eigenvalue weighted by molar-refractivity contribution is -0.124. The Bertz CT molecular complexity index is 671. The van der Waals surface area contributed by atoms with Crippen LogP contribution >= 0.6 is 15.9 Å². The number of rotatable bonds is 7. The minimum absolute atomic E-state index is 0.00829. The van der Waals surface area contributed by atoms with Crippen LogP contribution < -0.4 is 10.1 Å². The van der Waals surface area contributed by atoms with Gasteiger partial charge in [-0.2, -0.15) is 0 Å². The van der Waals surface area contributed by atoms with E-state index in [1.165, 1.54) is 0 Å². The average molecular weight is 390 g/mol. The normalized spacial score (nSPS) is 12.0. The number of ether oxygens (including phenoxy) is 1. The van der Waals surface area contributed by atoms with Crippen molar-refractivity contribution < 1.29 is 9.53 Å². The molecule has 0 aliphatic carbocycles. The van der Waals surface area contributed by atoms with Crippen molar-refractivity contribution in [3.05, 3.63) is 64.1 Å². The first-order valence-electron chi connectivity index (χ1n) is 8.19. The Labute approximate surface area is 152 Å². The fourth-order valence-corrected chi connectivity index (χ4v) is 2.77. The van der Waals surface area contributed by atoms with Crippen LogP contribution in [0.2, 0.25) is 0 Å².